The molecule has 0 aromatic carbocycles. The Morgan fingerprint density at radius 1 is 1.37 bits per heavy atom. The van der Waals surface area contributed by atoms with E-state index >= 15 is 0 Å². The number of aromatic carboxylic acids is 1. The van der Waals surface area contributed by atoms with E-state index in [4.69, 9.17) is 5.11 Å². The Morgan fingerprint density at radius 3 is 2.47 bits per heavy atom. The van der Waals surface area contributed by atoms with Crippen LogP contribution in [0.1, 0.15) is 37.2 Å². The number of aliphatic hydroxyl groups is 1. The first-order valence-corrected chi connectivity index (χ1v) is 6.35. The van der Waals surface area contributed by atoms with Crippen molar-refractivity contribution in [2.45, 2.75) is 26.7 Å². The molecule has 0 fully saturated rings. The molecule has 19 heavy (non-hydrogen) atoms. The number of rotatable bonds is 7. The molecule has 0 aliphatic heterocycles. The lowest BCUT2D eigenvalue weighted by Crippen LogP contribution is -2.38. The zero-order chi connectivity index (χ0) is 14.5. The molecule has 1 aromatic heterocycles. The molecular weight excluding hydrogens is 246 g/mol. The van der Waals surface area contributed by atoms with Gasteiger partial charge in [0.25, 0.3) is 0 Å². The monoisotopic (exact) mass is 267 g/mol. The van der Waals surface area contributed by atoms with Gasteiger partial charge >= 0.3 is 5.97 Å². The molecule has 0 radical (unpaired) electrons. The number of carboxylic acid groups (broad SMARTS) is 1. The number of carbonyl (C=O) groups is 1. The molecule has 0 aliphatic rings. The molecule has 0 atom stereocenters. The van der Waals surface area contributed by atoms with Gasteiger partial charge in [-0.2, -0.15) is 0 Å². The second kappa shape index (κ2) is 6.47. The maximum atomic E-state index is 10.9. The van der Waals surface area contributed by atoms with E-state index in [9.17, 15) is 9.90 Å². The lowest BCUT2D eigenvalue weighted by Gasteiger charge is -2.34. The fraction of sp³-hybridized carbons (Fsp3) is 0.615. The smallest absolute Gasteiger partial charge is 0.356 e. The van der Waals surface area contributed by atoms with Crippen molar-refractivity contribution in [3.05, 3.63) is 18.1 Å². The van der Waals surface area contributed by atoms with Gasteiger partial charge in [-0.3, -0.25) is 4.98 Å². The molecule has 0 saturated carbocycles. The van der Waals surface area contributed by atoms with Crippen LogP contribution < -0.4 is 4.90 Å². The number of aromatic nitrogens is 2. The third kappa shape index (κ3) is 3.64. The van der Waals surface area contributed by atoms with Crippen molar-refractivity contribution in [3.8, 4) is 0 Å². The van der Waals surface area contributed by atoms with Crippen LogP contribution in [0.5, 0.6) is 0 Å². The quantitative estimate of drug-likeness (QED) is 0.776. The Hall–Kier alpha value is -1.69. The summed E-state index contributed by atoms with van der Waals surface area (Å²) in [6.07, 6.45) is 4.44. The zero-order valence-electron chi connectivity index (χ0n) is 11.6. The minimum Gasteiger partial charge on any atom is -0.476 e. The molecule has 1 heterocycles. The van der Waals surface area contributed by atoms with Gasteiger partial charge in [0, 0.05) is 19.0 Å². The third-order valence-electron chi connectivity index (χ3n) is 3.64. The molecule has 2 N–H and O–H groups in total. The molecule has 0 aliphatic carbocycles. The molecule has 0 unspecified atom stereocenters. The molecule has 0 bridgehead atoms. The lowest BCUT2D eigenvalue weighted by molar-refractivity contribution is 0.0690. The van der Waals surface area contributed by atoms with E-state index in [2.05, 4.69) is 9.97 Å². The van der Waals surface area contributed by atoms with Crippen molar-refractivity contribution in [2.75, 3.05) is 25.1 Å². The zero-order valence-corrected chi connectivity index (χ0v) is 11.6. The highest BCUT2D eigenvalue weighted by Gasteiger charge is 2.27. The maximum Gasteiger partial charge on any atom is 0.356 e. The number of nitrogens with zero attached hydrogens (tertiary/aromatic N) is 3. The summed E-state index contributed by atoms with van der Waals surface area (Å²) in [5.74, 6) is -0.596. The second-order valence-corrected chi connectivity index (χ2v) is 4.79. The van der Waals surface area contributed by atoms with Crippen molar-refractivity contribution >= 4 is 11.8 Å². The normalized spacial score (nSPS) is 11.4. The van der Waals surface area contributed by atoms with Crippen LogP contribution in [0, 0.1) is 5.41 Å². The summed E-state index contributed by atoms with van der Waals surface area (Å²) in [7, 11) is 1.82. The van der Waals surface area contributed by atoms with Gasteiger partial charge in [0.05, 0.1) is 19.0 Å². The van der Waals surface area contributed by atoms with Crippen molar-refractivity contribution < 1.29 is 15.0 Å². The van der Waals surface area contributed by atoms with Gasteiger partial charge in [-0.1, -0.05) is 13.8 Å². The number of anilines is 1. The molecule has 6 nitrogen and oxygen atoms in total. The van der Waals surface area contributed by atoms with Crippen LogP contribution in [-0.4, -0.2) is 46.3 Å². The predicted octanol–water partition coefficient (Wildman–Crippen LogP) is 1.41. The van der Waals surface area contributed by atoms with Crippen LogP contribution in [0.3, 0.4) is 0 Å². The number of carboxylic acids is 1. The van der Waals surface area contributed by atoms with Crippen molar-refractivity contribution in [1.29, 1.82) is 0 Å². The Bertz CT molecular complexity index is 425. The molecule has 0 amide bonds. The van der Waals surface area contributed by atoms with Crippen LogP contribution in [0.4, 0.5) is 5.82 Å². The van der Waals surface area contributed by atoms with E-state index in [0.717, 1.165) is 12.8 Å². The molecular formula is C13H21N3O3. The van der Waals surface area contributed by atoms with E-state index in [1.54, 1.807) is 0 Å². The molecule has 1 aromatic rings. The molecule has 0 spiro atoms. The SMILES string of the molecule is CCC(CC)(CO)CN(C)c1cncc(C(=O)O)n1. The Kier molecular flexibility index (Phi) is 5.23. The summed E-state index contributed by atoms with van der Waals surface area (Å²) in [4.78, 5) is 20.6. The highest BCUT2D eigenvalue weighted by molar-refractivity contribution is 5.85. The van der Waals surface area contributed by atoms with Gasteiger partial charge < -0.3 is 15.1 Å². The lowest BCUT2D eigenvalue weighted by atomic mass is 9.83. The first kappa shape index (κ1) is 15.4. The summed E-state index contributed by atoms with van der Waals surface area (Å²) < 4.78 is 0. The third-order valence-corrected chi connectivity index (χ3v) is 3.64. The van der Waals surface area contributed by atoms with Gasteiger partial charge in [0.2, 0.25) is 0 Å². The summed E-state index contributed by atoms with van der Waals surface area (Å²) in [6.45, 7) is 4.77. The largest absolute Gasteiger partial charge is 0.476 e. The van der Waals surface area contributed by atoms with Crippen molar-refractivity contribution in [1.82, 2.24) is 9.97 Å². The number of hydrogen-bond donors (Lipinski definition) is 2. The highest BCUT2D eigenvalue weighted by atomic mass is 16.4. The van der Waals surface area contributed by atoms with E-state index in [1.165, 1.54) is 12.4 Å². The topological polar surface area (TPSA) is 86.5 Å². The minimum atomic E-state index is -1.10. The molecule has 106 valence electrons. The Labute approximate surface area is 113 Å². The van der Waals surface area contributed by atoms with E-state index in [1.807, 2.05) is 25.8 Å². The fourth-order valence-corrected chi connectivity index (χ4v) is 1.97. The Morgan fingerprint density at radius 2 is 2.00 bits per heavy atom. The highest BCUT2D eigenvalue weighted by Crippen LogP contribution is 2.27. The van der Waals surface area contributed by atoms with Gasteiger partial charge in [-0.15, -0.1) is 0 Å². The summed E-state index contributed by atoms with van der Waals surface area (Å²) in [5.41, 5.74) is -0.276. The minimum absolute atomic E-state index is 0.0769. The predicted molar refractivity (Wildman–Crippen MR) is 72.4 cm³/mol. The van der Waals surface area contributed by atoms with E-state index < -0.39 is 5.97 Å². The number of hydrogen-bond acceptors (Lipinski definition) is 5. The van der Waals surface area contributed by atoms with Gasteiger partial charge in [0.1, 0.15) is 5.82 Å². The van der Waals surface area contributed by atoms with Crippen LogP contribution in [0.15, 0.2) is 12.4 Å². The first-order chi connectivity index (χ1) is 8.98. The van der Waals surface area contributed by atoms with Crippen LogP contribution >= 0.6 is 0 Å². The first-order valence-electron chi connectivity index (χ1n) is 6.35. The number of aliphatic hydroxyl groups excluding tert-OH is 1. The van der Waals surface area contributed by atoms with Gasteiger partial charge in [-0.05, 0) is 12.8 Å². The average molecular weight is 267 g/mol. The summed E-state index contributed by atoms with van der Waals surface area (Å²) in [5, 5.41) is 18.5. The summed E-state index contributed by atoms with van der Waals surface area (Å²) >= 11 is 0. The second-order valence-electron chi connectivity index (χ2n) is 4.79. The van der Waals surface area contributed by atoms with E-state index in [0.29, 0.717) is 12.4 Å². The maximum absolute atomic E-state index is 10.9. The van der Waals surface area contributed by atoms with Crippen LogP contribution in [0.25, 0.3) is 0 Å². The molecule has 0 saturated heterocycles. The molecule has 1 rings (SSSR count). The van der Waals surface area contributed by atoms with E-state index in [-0.39, 0.29) is 17.7 Å². The van der Waals surface area contributed by atoms with Gasteiger partial charge in [-0.25, -0.2) is 9.78 Å². The van der Waals surface area contributed by atoms with Crippen LogP contribution in [0.2, 0.25) is 0 Å². The summed E-state index contributed by atoms with van der Waals surface area (Å²) in [6, 6.07) is 0. The van der Waals surface area contributed by atoms with Crippen molar-refractivity contribution in [2.24, 2.45) is 5.41 Å². The van der Waals surface area contributed by atoms with Crippen LogP contribution in [-0.2, 0) is 0 Å². The van der Waals surface area contributed by atoms with Crippen molar-refractivity contribution in [3.63, 3.8) is 0 Å². The fourth-order valence-electron chi connectivity index (χ4n) is 1.97. The average Bonchev–Trinajstić information content (AvgIpc) is 2.45. The molecule has 6 heteroatoms. The standard InChI is InChI=1S/C13H21N3O3/c1-4-13(5-2,9-17)8-16(3)11-7-14-6-10(15-11)12(18)19/h6-7,17H,4-5,8-9H2,1-3H3,(H,18,19). The Balaban J connectivity index is 2.91. The van der Waals surface area contributed by atoms with Gasteiger partial charge in [0.15, 0.2) is 5.69 Å².